The molecule has 0 aromatic heterocycles. The van der Waals surface area contributed by atoms with E-state index in [1.54, 1.807) is 17.0 Å². The van der Waals surface area contributed by atoms with Crippen molar-refractivity contribution in [2.24, 2.45) is 0 Å². The molecule has 1 aliphatic rings. The van der Waals surface area contributed by atoms with Gasteiger partial charge in [-0.3, -0.25) is 14.9 Å². The summed E-state index contributed by atoms with van der Waals surface area (Å²) in [5.74, 6) is 0.435. The van der Waals surface area contributed by atoms with Gasteiger partial charge in [-0.05, 0) is 19.0 Å². The van der Waals surface area contributed by atoms with Crippen molar-refractivity contribution in [1.82, 2.24) is 9.80 Å². The maximum atomic E-state index is 12.5. The molecular formula is C14H18ClN3O3. The molecule has 114 valence electrons. The summed E-state index contributed by atoms with van der Waals surface area (Å²) in [6.07, 6.45) is 0.886. The second kappa shape index (κ2) is 7.38. The van der Waals surface area contributed by atoms with Crippen LogP contribution in [0.25, 0.3) is 0 Å². The number of nitro benzene ring substituents is 1. The van der Waals surface area contributed by atoms with Gasteiger partial charge in [0, 0.05) is 49.8 Å². The molecule has 21 heavy (non-hydrogen) atoms. The van der Waals surface area contributed by atoms with Gasteiger partial charge in [0.05, 0.1) is 4.92 Å². The minimum Gasteiger partial charge on any atom is -0.337 e. The third-order valence-corrected chi connectivity index (χ3v) is 3.75. The zero-order chi connectivity index (χ0) is 15.2. The van der Waals surface area contributed by atoms with Crippen LogP contribution in [-0.4, -0.2) is 59.2 Å². The Bertz CT molecular complexity index is 524. The van der Waals surface area contributed by atoms with Crippen molar-refractivity contribution < 1.29 is 9.72 Å². The molecule has 0 aliphatic carbocycles. The van der Waals surface area contributed by atoms with E-state index in [9.17, 15) is 14.9 Å². The summed E-state index contributed by atoms with van der Waals surface area (Å²) in [5, 5.41) is 10.8. The number of hydrogen-bond acceptors (Lipinski definition) is 4. The Morgan fingerprint density at radius 1 is 1.29 bits per heavy atom. The highest BCUT2D eigenvalue weighted by Crippen LogP contribution is 2.16. The molecule has 0 N–H and O–H groups in total. The molecule has 1 amide bonds. The van der Waals surface area contributed by atoms with E-state index in [2.05, 4.69) is 4.90 Å². The summed E-state index contributed by atoms with van der Waals surface area (Å²) in [5.41, 5.74) is 0.314. The molecule has 1 saturated heterocycles. The van der Waals surface area contributed by atoms with E-state index < -0.39 is 4.92 Å². The van der Waals surface area contributed by atoms with Crippen LogP contribution in [-0.2, 0) is 0 Å². The molecule has 2 rings (SSSR count). The lowest BCUT2D eigenvalue weighted by atomic mass is 10.1. The summed E-state index contributed by atoms with van der Waals surface area (Å²) in [6, 6.07) is 5.89. The van der Waals surface area contributed by atoms with Gasteiger partial charge in [-0.2, -0.15) is 0 Å². The molecule has 0 atom stereocenters. The van der Waals surface area contributed by atoms with Gasteiger partial charge < -0.3 is 9.80 Å². The van der Waals surface area contributed by atoms with Crippen LogP contribution in [0.1, 0.15) is 16.8 Å². The molecule has 1 aromatic rings. The maximum Gasteiger partial charge on any atom is 0.270 e. The van der Waals surface area contributed by atoms with E-state index in [0.29, 0.717) is 24.5 Å². The van der Waals surface area contributed by atoms with Crippen molar-refractivity contribution in [3.63, 3.8) is 0 Å². The first-order valence-electron chi connectivity index (χ1n) is 6.94. The molecular weight excluding hydrogens is 294 g/mol. The molecule has 1 fully saturated rings. The number of non-ortho nitro benzene ring substituents is 1. The standard InChI is InChI=1S/C14H18ClN3O3/c15-5-8-16-6-2-7-17(10-9-16)14(19)12-3-1-4-13(11-12)18(20)21/h1,3-4,11H,2,5-10H2. The summed E-state index contributed by atoms with van der Waals surface area (Å²) >= 11 is 5.74. The Morgan fingerprint density at radius 3 is 2.81 bits per heavy atom. The second-order valence-electron chi connectivity index (χ2n) is 4.98. The van der Waals surface area contributed by atoms with E-state index >= 15 is 0 Å². The van der Waals surface area contributed by atoms with Crippen LogP contribution in [0.4, 0.5) is 5.69 Å². The fraction of sp³-hybridized carbons (Fsp3) is 0.500. The number of halogens is 1. The van der Waals surface area contributed by atoms with Crippen molar-refractivity contribution in [3.05, 3.63) is 39.9 Å². The maximum absolute atomic E-state index is 12.5. The van der Waals surface area contributed by atoms with Gasteiger partial charge in [-0.1, -0.05) is 6.07 Å². The lowest BCUT2D eigenvalue weighted by Gasteiger charge is -2.21. The summed E-state index contributed by atoms with van der Waals surface area (Å²) in [6.45, 7) is 3.82. The Morgan fingerprint density at radius 2 is 2.10 bits per heavy atom. The zero-order valence-electron chi connectivity index (χ0n) is 11.7. The van der Waals surface area contributed by atoms with Crippen molar-refractivity contribution in [2.45, 2.75) is 6.42 Å². The van der Waals surface area contributed by atoms with Crippen LogP contribution in [0.15, 0.2) is 24.3 Å². The number of rotatable bonds is 4. The fourth-order valence-corrected chi connectivity index (χ4v) is 2.69. The Labute approximate surface area is 128 Å². The van der Waals surface area contributed by atoms with Crippen LogP contribution < -0.4 is 0 Å². The number of nitro groups is 1. The van der Waals surface area contributed by atoms with Gasteiger partial charge in [-0.25, -0.2) is 0 Å². The minimum absolute atomic E-state index is 0.0561. The van der Waals surface area contributed by atoms with E-state index in [-0.39, 0.29) is 11.6 Å². The lowest BCUT2D eigenvalue weighted by Crippen LogP contribution is -2.35. The van der Waals surface area contributed by atoms with Gasteiger partial charge in [0.2, 0.25) is 0 Å². The predicted molar refractivity (Wildman–Crippen MR) is 80.8 cm³/mol. The fourth-order valence-electron chi connectivity index (χ4n) is 2.45. The van der Waals surface area contributed by atoms with Crippen LogP contribution in [0.2, 0.25) is 0 Å². The molecule has 1 aromatic carbocycles. The Hall–Kier alpha value is -1.66. The van der Waals surface area contributed by atoms with Crippen molar-refractivity contribution >= 4 is 23.2 Å². The van der Waals surface area contributed by atoms with Crippen molar-refractivity contribution in [1.29, 1.82) is 0 Å². The van der Waals surface area contributed by atoms with Gasteiger partial charge in [-0.15, -0.1) is 11.6 Å². The van der Waals surface area contributed by atoms with Crippen LogP contribution >= 0.6 is 11.6 Å². The number of carbonyl (C=O) groups excluding carboxylic acids is 1. The first-order chi connectivity index (χ1) is 10.1. The van der Waals surface area contributed by atoms with E-state index in [4.69, 9.17) is 11.6 Å². The quantitative estimate of drug-likeness (QED) is 0.484. The number of carbonyl (C=O) groups is 1. The van der Waals surface area contributed by atoms with Crippen molar-refractivity contribution in [2.75, 3.05) is 38.6 Å². The Kier molecular flexibility index (Phi) is 5.52. The first-order valence-corrected chi connectivity index (χ1v) is 7.47. The van der Waals surface area contributed by atoms with E-state index in [1.165, 1.54) is 12.1 Å². The van der Waals surface area contributed by atoms with Crippen LogP contribution in [0.5, 0.6) is 0 Å². The van der Waals surface area contributed by atoms with Gasteiger partial charge in [0.15, 0.2) is 0 Å². The largest absolute Gasteiger partial charge is 0.337 e. The molecule has 7 heteroatoms. The highest BCUT2D eigenvalue weighted by molar-refractivity contribution is 6.18. The molecule has 0 bridgehead atoms. The van der Waals surface area contributed by atoms with Gasteiger partial charge in [0.1, 0.15) is 0 Å². The number of benzene rings is 1. The smallest absolute Gasteiger partial charge is 0.270 e. The van der Waals surface area contributed by atoms with Gasteiger partial charge >= 0.3 is 0 Å². The molecule has 0 saturated carbocycles. The summed E-state index contributed by atoms with van der Waals surface area (Å²) in [4.78, 5) is 26.7. The van der Waals surface area contributed by atoms with Crippen molar-refractivity contribution in [3.8, 4) is 0 Å². The average Bonchev–Trinajstić information content (AvgIpc) is 2.73. The third-order valence-electron chi connectivity index (χ3n) is 3.58. The lowest BCUT2D eigenvalue weighted by molar-refractivity contribution is -0.384. The summed E-state index contributed by atoms with van der Waals surface area (Å²) in [7, 11) is 0. The zero-order valence-corrected chi connectivity index (χ0v) is 12.5. The first kappa shape index (κ1) is 15.7. The SMILES string of the molecule is O=C(c1cccc([N+](=O)[O-])c1)N1CCCN(CCCl)CC1. The molecule has 0 radical (unpaired) electrons. The third kappa shape index (κ3) is 4.15. The normalized spacial score (nSPS) is 16.5. The topological polar surface area (TPSA) is 66.7 Å². The minimum atomic E-state index is -0.485. The number of hydrogen-bond donors (Lipinski definition) is 0. The van der Waals surface area contributed by atoms with Gasteiger partial charge in [0.25, 0.3) is 11.6 Å². The Balaban J connectivity index is 2.06. The molecule has 0 spiro atoms. The second-order valence-corrected chi connectivity index (χ2v) is 5.36. The molecule has 0 unspecified atom stereocenters. The molecule has 1 aliphatic heterocycles. The highest BCUT2D eigenvalue weighted by Gasteiger charge is 2.21. The summed E-state index contributed by atoms with van der Waals surface area (Å²) < 4.78 is 0. The molecule has 6 nitrogen and oxygen atoms in total. The monoisotopic (exact) mass is 311 g/mol. The van der Waals surface area contributed by atoms with E-state index in [0.717, 1.165) is 26.1 Å². The molecule has 1 heterocycles. The average molecular weight is 312 g/mol. The number of alkyl halides is 1. The van der Waals surface area contributed by atoms with Crippen LogP contribution in [0, 0.1) is 10.1 Å². The number of amides is 1. The highest BCUT2D eigenvalue weighted by atomic mass is 35.5. The number of nitrogens with zero attached hydrogens (tertiary/aromatic N) is 3. The van der Waals surface area contributed by atoms with Crippen LogP contribution in [0.3, 0.4) is 0 Å². The predicted octanol–water partition coefficient (Wildman–Crippen LogP) is 1.98. The van der Waals surface area contributed by atoms with E-state index in [1.807, 2.05) is 0 Å².